The number of benzene rings is 1. The first kappa shape index (κ1) is 12.6. The van der Waals surface area contributed by atoms with Gasteiger partial charge in [-0.05, 0) is 31.0 Å². The van der Waals surface area contributed by atoms with Gasteiger partial charge in [-0.25, -0.2) is 0 Å². The zero-order valence-corrected chi connectivity index (χ0v) is 11.2. The quantitative estimate of drug-likeness (QED) is 0.595. The summed E-state index contributed by atoms with van der Waals surface area (Å²) < 4.78 is 0. The molecule has 102 valence electrons. The maximum absolute atomic E-state index is 10.8. The Labute approximate surface area is 113 Å². The van der Waals surface area contributed by atoms with Gasteiger partial charge in [0.2, 0.25) is 0 Å². The van der Waals surface area contributed by atoms with Gasteiger partial charge in [0.1, 0.15) is 0 Å². The molecule has 1 atom stereocenters. The van der Waals surface area contributed by atoms with Gasteiger partial charge in [-0.3, -0.25) is 15.0 Å². The second-order valence-electron chi connectivity index (χ2n) is 5.61. The smallest absolute Gasteiger partial charge is 0.269 e. The molecule has 0 saturated carbocycles. The number of fused-ring (bicyclic) bond motifs is 1. The largest absolute Gasteiger partial charge is 0.304 e. The topological polar surface area (TPSA) is 49.6 Å². The molecule has 1 aromatic carbocycles. The fourth-order valence-electron chi connectivity index (χ4n) is 3.14. The summed E-state index contributed by atoms with van der Waals surface area (Å²) in [6.45, 7) is 4.45. The van der Waals surface area contributed by atoms with Gasteiger partial charge in [-0.1, -0.05) is 6.07 Å². The van der Waals surface area contributed by atoms with Gasteiger partial charge >= 0.3 is 0 Å². The molecule has 1 aliphatic carbocycles. The van der Waals surface area contributed by atoms with E-state index in [2.05, 4.69) is 16.8 Å². The molecule has 0 spiro atoms. The van der Waals surface area contributed by atoms with E-state index in [1.807, 2.05) is 6.07 Å². The number of non-ortho nitro benzene ring substituents is 1. The van der Waals surface area contributed by atoms with E-state index in [4.69, 9.17) is 0 Å². The van der Waals surface area contributed by atoms with Crippen molar-refractivity contribution in [2.45, 2.75) is 18.9 Å². The van der Waals surface area contributed by atoms with Gasteiger partial charge in [0.05, 0.1) is 4.92 Å². The van der Waals surface area contributed by atoms with E-state index in [-0.39, 0.29) is 10.6 Å². The van der Waals surface area contributed by atoms with Gasteiger partial charge < -0.3 is 4.90 Å². The average Bonchev–Trinajstić information content (AvgIpc) is 2.82. The van der Waals surface area contributed by atoms with E-state index in [0.29, 0.717) is 6.04 Å². The van der Waals surface area contributed by atoms with Crippen LogP contribution in [-0.4, -0.2) is 54.0 Å². The summed E-state index contributed by atoms with van der Waals surface area (Å²) in [7, 11) is 2.16. The van der Waals surface area contributed by atoms with Crippen molar-refractivity contribution in [3.05, 3.63) is 39.4 Å². The molecular weight excluding hydrogens is 242 g/mol. The van der Waals surface area contributed by atoms with Crippen molar-refractivity contribution >= 4 is 5.69 Å². The Morgan fingerprint density at radius 2 is 1.84 bits per heavy atom. The summed E-state index contributed by atoms with van der Waals surface area (Å²) in [6.07, 6.45) is 2.00. The number of likely N-dealkylation sites (N-methyl/N-ethyl adjacent to an activating group) is 1. The van der Waals surface area contributed by atoms with Crippen LogP contribution in [-0.2, 0) is 12.8 Å². The monoisotopic (exact) mass is 261 g/mol. The summed E-state index contributed by atoms with van der Waals surface area (Å²) >= 11 is 0. The highest BCUT2D eigenvalue weighted by Crippen LogP contribution is 2.29. The molecular formula is C14H19N3O2. The lowest BCUT2D eigenvalue weighted by molar-refractivity contribution is -0.384. The summed E-state index contributed by atoms with van der Waals surface area (Å²) in [6, 6.07) is 5.85. The van der Waals surface area contributed by atoms with Crippen LogP contribution in [0, 0.1) is 10.1 Å². The van der Waals surface area contributed by atoms with Crippen LogP contribution in [0.3, 0.4) is 0 Å². The zero-order chi connectivity index (χ0) is 13.4. The summed E-state index contributed by atoms with van der Waals surface area (Å²) in [5.41, 5.74) is 2.67. The molecule has 1 aliphatic heterocycles. The van der Waals surface area contributed by atoms with Crippen molar-refractivity contribution in [3.63, 3.8) is 0 Å². The van der Waals surface area contributed by atoms with Crippen molar-refractivity contribution in [3.8, 4) is 0 Å². The molecule has 5 nitrogen and oxygen atoms in total. The first-order chi connectivity index (χ1) is 9.13. The molecule has 0 radical (unpaired) electrons. The van der Waals surface area contributed by atoms with Crippen molar-refractivity contribution in [2.24, 2.45) is 0 Å². The van der Waals surface area contributed by atoms with E-state index in [0.717, 1.165) is 44.6 Å². The molecule has 19 heavy (non-hydrogen) atoms. The highest BCUT2D eigenvalue weighted by atomic mass is 16.6. The Hall–Kier alpha value is -1.46. The lowest BCUT2D eigenvalue weighted by Gasteiger charge is -2.36. The van der Waals surface area contributed by atoms with E-state index in [1.54, 1.807) is 12.1 Å². The fraction of sp³-hybridized carbons (Fsp3) is 0.571. The molecule has 0 amide bonds. The first-order valence-corrected chi connectivity index (χ1v) is 6.82. The van der Waals surface area contributed by atoms with Crippen LogP contribution >= 0.6 is 0 Å². The molecule has 5 heteroatoms. The number of piperazine rings is 1. The van der Waals surface area contributed by atoms with Crippen molar-refractivity contribution < 1.29 is 4.92 Å². The standard InChI is InChI=1S/C14H19N3O2/c1-15-4-6-16(7-5-15)14-8-11-2-3-13(17(18)19)9-12(11)10-14/h2-3,9,14H,4-8,10H2,1H3. The number of hydrogen-bond donors (Lipinski definition) is 0. The van der Waals surface area contributed by atoms with E-state index < -0.39 is 0 Å². The van der Waals surface area contributed by atoms with E-state index in [9.17, 15) is 10.1 Å². The first-order valence-electron chi connectivity index (χ1n) is 6.82. The highest BCUT2D eigenvalue weighted by molar-refractivity contribution is 5.43. The third-order valence-corrected chi connectivity index (χ3v) is 4.37. The predicted octanol–water partition coefficient (Wildman–Crippen LogP) is 1.31. The van der Waals surface area contributed by atoms with Crippen LogP contribution in [0.25, 0.3) is 0 Å². The molecule has 1 saturated heterocycles. The van der Waals surface area contributed by atoms with Crippen LogP contribution in [0.15, 0.2) is 18.2 Å². The second-order valence-corrected chi connectivity index (χ2v) is 5.61. The van der Waals surface area contributed by atoms with Gasteiger partial charge in [0, 0.05) is 44.4 Å². The number of hydrogen-bond acceptors (Lipinski definition) is 4. The normalized spacial score (nSPS) is 24.4. The minimum Gasteiger partial charge on any atom is -0.304 e. The SMILES string of the molecule is CN1CCN(C2Cc3ccc([N+](=O)[O-])cc3C2)CC1. The molecule has 0 bridgehead atoms. The number of nitro benzene ring substituents is 1. The Morgan fingerprint density at radius 3 is 2.53 bits per heavy atom. The predicted molar refractivity (Wildman–Crippen MR) is 73.4 cm³/mol. The minimum absolute atomic E-state index is 0.220. The lowest BCUT2D eigenvalue weighted by atomic mass is 10.1. The van der Waals surface area contributed by atoms with Crippen molar-refractivity contribution in [1.82, 2.24) is 9.80 Å². The van der Waals surface area contributed by atoms with E-state index >= 15 is 0 Å². The van der Waals surface area contributed by atoms with Gasteiger partial charge in [-0.15, -0.1) is 0 Å². The van der Waals surface area contributed by atoms with Gasteiger partial charge in [0.15, 0.2) is 0 Å². The number of rotatable bonds is 2. The van der Waals surface area contributed by atoms with Crippen LogP contribution in [0.2, 0.25) is 0 Å². The van der Waals surface area contributed by atoms with Gasteiger partial charge in [0.25, 0.3) is 5.69 Å². The third kappa shape index (κ3) is 2.48. The highest BCUT2D eigenvalue weighted by Gasteiger charge is 2.29. The molecule has 1 aromatic rings. The van der Waals surface area contributed by atoms with Crippen LogP contribution in [0.1, 0.15) is 11.1 Å². The fourth-order valence-corrected chi connectivity index (χ4v) is 3.14. The maximum atomic E-state index is 10.8. The van der Waals surface area contributed by atoms with E-state index in [1.165, 1.54) is 5.56 Å². The Balaban J connectivity index is 1.71. The average molecular weight is 261 g/mol. The molecule has 0 aromatic heterocycles. The number of nitrogens with zero attached hydrogens (tertiary/aromatic N) is 3. The molecule has 2 aliphatic rings. The van der Waals surface area contributed by atoms with Crippen molar-refractivity contribution in [2.75, 3.05) is 33.2 Å². The maximum Gasteiger partial charge on any atom is 0.269 e. The molecule has 0 N–H and O–H groups in total. The molecule has 1 unspecified atom stereocenters. The van der Waals surface area contributed by atoms with Gasteiger partial charge in [-0.2, -0.15) is 0 Å². The van der Waals surface area contributed by atoms with Crippen molar-refractivity contribution in [1.29, 1.82) is 0 Å². The second kappa shape index (κ2) is 4.90. The Morgan fingerprint density at radius 1 is 1.16 bits per heavy atom. The third-order valence-electron chi connectivity index (χ3n) is 4.37. The summed E-state index contributed by atoms with van der Waals surface area (Å²) in [5.74, 6) is 0. The van der Waals surface area contributed by atoms with Crippen LogP contribution < -0.4 is 0 Å². The Bertz CT molecular complexity index is 495. The van der Waals surface area contributed by atoms with Crippen LogP contribution in [0.4, 0.5) is 5.69 Å². The Kier molecular flexibility index (Phi) is 3.24. The van der Waals surface area contributed by atoms with Crippen LogP contribution in [0.5, 0.6) is 0 Å². The zero-order valence-electron chi connectivity index (χ0n) is 11.2. The molecule has 1 fully saturated rings. The summed E-state index contributed by atoms with van der Waals surface area (Å²) in [5, 5.41) is 10.8. The lowest BCUT2D eigenvalue weighted by Crippen LogP contribution is -2.49. The number of nitro groups is 1. The summed E-state index contributed by atoms with van der Waals surface area (Å²) in [4.78, 5) is 15.4. The molecule has 1 heterocycles. The molecule has 3 rings (SSSR count). The minimum atomic E-state index is -0.302.